The van der Waals surface area contributed by atoms with Crippen molar-refractivity contribution in [1.29, 1.82) is 0 Å². The van der Waals surface area contributed by atoms with Crippen LogP contribution >= 0.6 is 0 Å². The Hall–Kier alpha value is -3.02. The number of hydrazone groups is 1. The maximum Gasteiger partial charge on any atom is 0.270 e. The van der Waals surface area contributed by atoms with Gasteiger partial charge in [-0.1, -0.05) is 18.2 Å². The van der Waals surface area contributed by atoms with Gasteiger partial charge in [-0.3, -0.25) is 14.6 Å². The summed E-state index contributed by atoms with van der Waals surface area (Å²) < 4.78 is 0. The molecule has 0 unspecified atom stereocenters. The van der Waals surface area contributed by atoms with Crippen LogP contribution in [0.1, 0.15) is 37.3 Å². The Kier molecular flexibility index (Phi) is 4.48. The maximum absolute atomic E-state index is 13.1. The van der Waals surface area contributed by atoms with Crippen LogP contribution in [0.5, 0.6) is 0 Å². The van der Waals surface area contributed by atoms with Crippen molar-refractivity contribution in [2.45, 2.75) is 31.7 Å². The highest BCUT2D eigenvalue weighted by Gasteiger charge is 2.34. The molecular formula is C20H20N4O2. The quantitative estimate of drug-likeness (QED) is 0.856. The molecule has 2 amide bonds. The maximum atomic E-state index is 13.1. The third-order valence-electron chi connectivity index (χ3n) is 4.88. The SMILES string of the molecule is O=C1CCC(C(=O)N2CCC[C@@H]2c2ccncc2)=NN1c1ccccc1. The Morgan fingerprint density at radius 3 is 2.58 bits per heavy atom. The fourth-order valence-corrected chi connectivity index (χ4v) is 3.59. The average molecular weight is 348 g/mol. The van der Waals surface area contributed by atoms with E-state index in [1.165, 1.54) is 5.01 Å². The van der Waals surface area contributed by atoms with E-state index in [0.29, 0.717) is 30.8 Å². The lowest BCUT2D eigenvalue weighted by atomic mass is 10.0. The summed E-state index contributed by atoms with van der Waals surface area (Å²) in [7, 11) is 0. The Bertz CT molecular complexity index is 835. The first-order valence-electron chi connectivity index (χ1n) is 8.90. The highest BCUT2D eigenvalue weighted by atomic mass is 16.2. The van der Waals surface area contributed by atoms with Gasteiger partial charge < -0.3 is 4.90 Å². The van der Waals surface area contributed by atoms with Crippen molar-refractivity contribution in [1.82, 2.24) is 9.88 Å². The monoisotopic (exact) mass is 348 g/mol. The number of carbonyl (C=O) groups is 2. The first-order chi connectivity index (χ1) is 12.7. The summed E-state index contributed by atoms with van der Waals surface area (Å²) in [6.07, 6.45) is 6.10. The number of pyridine rings is 1. The number of benzene rings is 1. The molecule has 132 valence electrons. The molecule has 2 aliphatic heterocycles. The van der Waals surface area contributed by atoms with Crippen LogP contribution < -0.4 is 5.01 Å². The number of amides is 2. The first-order valence-corrected chi connectivity index (χ1v) is 8.90. The van der Waals surface area contributed by atoms with E-state index in [0.717, 1.165) is 18.4 Å². The van der Waals surface area contributed by atoms with Gasteiger partial charge in [0.15, 0.2) is 0 Å². The van der Waals surface area contributed by atoms with Crippen LogP contribution in [0.4, 0.5) is 5.69 Å². The van der Waals surface area contributed by atoms with Gasteiger partial charge in [0.1, 0.15) is 5.71 Å². The van der Waals surface area contributed by atoms with Crippen LogP contribution in [0.25, 0.3) is 0 Å². The summed E-state index contributed by atoms with van der Waals surface area (Å²) in [5.41, 5.74) is 2.24. The molecule has 0 radical (unpaired) electrons. The largest absolute Gasteiger partial charge is 0.330 e. The molecule has 2 aliphatic rings. The minimum atomic E-state index is -0.0835. The smallest absolute Gasteiger partial charge is 0.270 e. The van der Waals surface area contributed by atoms with E-state index in [9.17, 15) is 9.59 Å². The van der Waals surface area contributed by atoms with E-state index in [4.69, 9.17) is 0 Å². The standard InChI is InChI=1S/C20H20N4O2/c25-19-9-8-17(22-24(19)16-5-2-1-3-6-16)20(26)23-14-4-7-18(23)15-10-12-21-13-11-15/h1-3,5-6,10-13,18H,4,7-9,14H2/t18-/m1/s1. The molecule has 0 N–H and O–H groups in total. The minimum Gasteiger partial charge on any atom is -0.330 e. The number of carbonyl (C=O) groups excluding carboxylic acids is 2. The molecule has 6 heteroatoms. The Labute approximate surface area is 152 Å². The van der Waals surface area contributed by atoms with E-state index in [1.807, 2.05) is 47.4 Å². The second-order valence-corrected chi connectivity index (χ2v) is 6.52. The Morgan fingerprint density at radius 1 is 1.04 bits per heavy atom. The van der Waals surface area contributed by atoms with Gasteiger partial charge >= 0.3 is 0 Å². The molecule has 2 aromatic rings. The molecule has 4 rings (SSSR count). The van der Waals surface area contributed by atoms with Crippen molar-refractivity contribution in [3.8, 4) is 0 Å². The number of nitrogens with zero attached hydrogens (tertiary/aromatic N) is 4. The molecule has 1 aromatic heterocycles. The summed E-state index contributed by atoms with van der Waals surface area (Å²) in [6, 6.07) is 13.2. The summed E-state index contributed by atoms with van der Waals surface area (Å²) >= 11 is 0. The second-order valence-electron chi connectivity index (χ2n) is 6.52. The van der Waals surface area contributed by atoms with Crippen LogP contribution in [0, 0.1) is 0 Å². The number of para-hydroxylation sites is 1. The van der Waals surface area contributed by atoms with Crippen LogP contribution in [-0.4, -0.2) is 34.0 Å². The van der Waals surface area contributed by atoms with Gasteiger partial charge in [-0.15, -0.1) is 0 Å². The average Bonchev–Trinajstić information content (AvgIpc) is 3.19. The Morgan fingerprint density at radius 2 is 1.81 bits per heavy atom. The zero-order chi connectivity index (χ0) is 17.9. The van der Waals surface area contributed by atoms with E-state index in [-0.39, 0.29) is 17.9 Å². The van der Waals surface area contributed by atoms with Crippen molar-refractivity contribution in [3.05, 3.63) is 60.4 Å². The van der Waals surface area contributed by atoms with Crippen LogP contribution in [-0.2, 0) is 9.59 Å². The molecule has 6 nitrogen and oxygen atoms in total. The molecule has 0 bridgehead atoms. The molecular weight excluding hydrogens is 328 g/mol. The third-order valence-corrected chi connectivity index (χ3v) is 4.88. The molecule has 0 spiro atoms. The predicted molar refractivity (Wildman–Crippen MR) is 98.5 cm³/mol. The van der Waals surface area contributed by atoms with E-state index in [1.54, 1.807) is 12.4 Å². The van der Waals surface area contributed by atoms with Crippen molar-refractivity contribution in [2.75, 3.05) is 11.6 Å². The van der Waals surface area contributed by atoms with Gasteiger partial charge in [-0.2, -0.15) is 5.10 Å². The fraction of sp³-hybridized carbons (Fsp3) is 0.300. The molecule has 1 aromatic carbocycles. The van der Waals surface area contributed by atoms with Gasteiger partial charge in [0.05, 0.1) is 11.7 Å². The minimum absolute atomic E-state index is 0.0519. The summed E-state index contributed by atoms with van der Waals surface area (Å²) in [5, 5.41) is 5.76. The second kappa shape index (κ2) is 7.07. The van der Waals surface area contributed by atoms with E-state index in [2.05, 4.69) is 10.1 Å². The number of hydrogen-bond acceptors (Lipinski definition) is 4. The normalized spacial score (nSPS) is 20.2. The molecule has 26 heavy (non-hydrogen) atoms. The number of likely N-dealkylation sites (tertiary alicyclic amines) is 1. The zero-order valence-electron chi connectivity index (χ0n) is 14.4. The number of anilines is 1. The molecule has 3 heterocycles. The lowest BCUT2D eigenvalue weighted by molar-refractivity contribution is -0.125. The third kappa shape index (κ3) is 3.10. The zero-order valence-corrected chi connectivity index (χ0v) is 14.4. The van der Waals surface area contributed by atoms with Crippen molar-refractivity contribution < 1.29 is 9.59 Å². The highest BCUT2D eigenvalue weighted by Crippen LogP contribution is 2.32. The summed E-state index contributed by atoms with van der Waals surface area (Å²) in [5.74, 6) is -0.155. The van der Waals surface area contributed by atoms with Crippen LogP contribution in [0.3, 0.4) is 0 Å². The number of aromatic nitrogens is 1. The lowest BCUT2D eigenvalue weighted by Gasteiger charge is -2.28. The van der Waals surface area contributed by atoms with Gasteiger partial charge in [0.2, 0.25) is 5.91 Å². The van der Waals surface area contributed by atoms with Crippen LogP contribution in [0.2, 0.25) is 0 Å². The number of rotatable bonds is 3. The molecule has 1 saturated heterocycles. The van der Waals surface area contributed by atoms with Crippen molar-refractivity contribution >= 4 is 23.2 Å². The van der Waals surface area contributed by atoms with Gasteiger partial charge in [0, 0.05) is 31.8 Å². The highest BCUT2D eigenvalue weighted by molar-refractivity contribution is 6.40. The molecule has 1 fully saturated rings. The summed E-state index contributed by atoms with van der Waals surface area (Å²) in [6.45, 7) is 0.712. The molecule has 1 atom stereocenters. The van der Waals surface area contributed by atoms with Gasteiger partial charge in [-0.05, 0) is 42.7 Å². The Balaban J connectivity index is 1.60. The predicted octanol–water partition coefficient (Wildman–Crippen LogP) is 2.93. The lowest BCUT2D eigenvalue weighted by Crippen LogP contribution is -2.41. The summed E-state index contributed by atoms with van der Waals surface area (Å²) in [4.78, 5) is 31.3. The van der Waals surface area contributed by atoms with Crippen molar-refractivity contribution in [3.63, 3.8) is 0 Å². The molecule has 0 aliphatic carbocycles. The van der Waals surface area contributed by atoms with E-state index < -0.39 is 0 Å². The van der Waals surface area contributed by atoms with Gasteiger partial charge in [0.25, 0.3) is 5.91 Å². The number of hydrogen-bond donors (Lipinski definition) is 0. The van der Waals surface area contributed by atoms with Crippen molar-refractivity contribution in [2.24, 2.45) is 5.10 Å². The van der Waals surface area contributed by atoms with Gasteiger partial charge in [-0.25, -0.2) is 5.01 Å². The molecule has 0 saturated carbocycles. The fourth-order valence-electron chi connectivity index (χ4n) is 3.59. The first kappa shape index (κ1) is 16.4. The van der Waals surface area contributed by atoms with Crippen LogP contribution in [0.15, 0.2) is 60.0 Å². The topological polar surface area (TPSA) is 65.9 Å². The van der Waals surface area contributed by atoms with E-state index >= 15 is 0 Å².